The van der Waals surface area contributed by atoms with E-state index in [0.29, 0.717) is 12.5 Å². The van der Waals surface area contributed by atoms with Gasteiger partial charge in [0.2, 0.25) is 5.84 Å². The molecule has 5 heteroatoms. The van der Waals surface area contributed by atoms with Gasteiger partial charge in [0.05, 0.1) is 18.0 Å². The minimum absolute atomic E-state index is 0. The number of amidine groups is 1. The molecule has 0 bridgehead atoms. The number of fused-ring (bicyclic) bond motifs is 1. The summed E-state index contributed by atoms with van der Waals surface area (Å²) in [6.45, 7) is 0.566. The van der Waals surface area contributed by atoms with Crippen LogP contribution in [-0.4, -0.2) is 12.1 Å². The van der Waals surface area contributed by atoms with Crippen molar-refractivity contribution >= 4 is 12.1 Å². The van der Waals surface area contributed by atoms with Gasteiger partial charge in [-0.3, -0.25) is 4.99 Å². The second-order valence-electron chi connectivity index (χ2n) is 7.55. The lowest BCUT2D eigenvalue weighted by atomic mass is 10.0. The lowest BCUT2D eigenvalue weighted by molar-refractivity contribution is -0.689. The van der Waals surface area contributed by atoms with Gasteiger partial charge in [0.15, 0.2) is 5.70 Å². The Kier molecular flexibility index (Phi) is 5.93. The molecule has 148 valence electrons. The Morgan fingerprint density at radius 3 is 2.66 bits per heavy atom. The van der Waals surface area contributed by atoms with Crippen LogP contribution in [0.2, 0.25) is 0 Å². The second-order valence-corrected chi connectivity index (χ2v) is 7.55. The zero-order chi connectivity index (χ0) is 18.8. The summed E-state index contributed by atoms with van der Waals surface area (Å²) in [5, 5.41) is 0. The minimum Gasteiger partial charge on any atom is -1.00 e. The van der Waals surface area contributed by atoms with E-state index in [1.807, 2.05) is 42.7 Å². The highest BCUT2D eigenvalue weighted by molar-refractivity contribution is 5.98. The van der Waals surface area contributed by atoms with Crippen LogP contribution in [-0.2, 0) is 6.61 Å². The maximum atomic E-state index is 6.03. The van der Waals surface area contributed by atoms with Crippen molar-refractivity contribution in [2.24, 2.45) is 15.9 Å². The Morgan fingerprint density at radius 2 is 1.83 bits per heavy atom. The van der Waals surface area contributed by atoms with Crippen molar-refractivity contribution in [2.75, 3.05) is 0 Å². The molecule has 0 aromatic heterocycles. The van der Waals surface area contributed by atoms with E-state index in [9.17, 15) is 0 Å². The zero-order valence-corrected chi connectivity index (χ0v) is 17.0. The fraction of sp³-hybridized carbons (Fsp3) is 0.250. The van der Waals surface area contributed by atoms with Crippen molar-refractivity contribution in [2.45, 2.75) is 32.3 Å². The van der Waals surface area contributed by atoms with Gasteiger partial charge >= 0.3 is 0 Å². The Hall–Kier alpha value is -2.69. The van der Waals surface area contributed by atoms with E-state index >= 15 is 0 Å². The van der Waals surface area contributed by atoms with Crippen LogP contribution in [0.4, 0.5) is 0 Å². The molecule has 2 aromatic rings. The summed E-state index contributed by atoms with van der Waals surface area (Å²) in [5.74, 6) is 2.48. The first-order chi connectivity index (χ1) is 13.9. The fourth-order valence-electron chi connectivity index (χ4n) is 4.25. The van der Waals surface area contributed by atoms with Crippen LogP contribution in [0.15, 0.2) is 88.4 Å². The van der Waals surface area contributed by atoms with Gasteiger partial charge in [0.1, 0.15) is 24.3 Å². The molecule has 1 atom stereocenters. The quantitative estimate of drug-likeness (QED) is 0.787. The number of aliphatic imine (C=N–C) groups is 2. The molecule has 0 amide bonds. The van der Waals surface area contributed by atoms with E-state index in [4.69, 9.17) is 9.73 Å². The number of rotatable bonds is 5. The maximum Gasteiger partial charge on any atom is 0.243 e. The highest BCUT2D eigenvalue weighted by Crippen LogP contribution is 2.34. The average molecular weight is 406 g/mol. The van der Waals surface area contributed by atoms with Gasteiger partial charge < -0.3 is 17.1 Å². The van der Waals surface area contributed by atoms with Crippen molar-refractivity contribution in [3.63, 3.8) is 0 Å². The van der Waals surface area contributed by atoms with E-state index in [2.05, 4.69) is 35.5 Å². The Labute approximate surface area is 177 Å². The fourth-order valence-corrected chi connectivity index (χ4v) is 4.25. The van der Waals surface area contributed by atoms with Gasteiger partial charge in [-0.25, -0.2) is 4.90 Å². The molecule has 0 spiro atoms. The zero-order valence-electron chi connectivity index (χ0n) is 16.2. The minimum atomic E-state index is 0. The molecule has 1 aliphatic carbocycles. The summed E-state index contributed by atoms with van der Waals surface area (Å²) in [4.78, 5) is 10.7. The number of halogens is 1. The van der Waals surface area contributed by atoms with Gasteiger partial charge in [0, 0.05) is 5.92 Å². The highest BCUT2D eigenvalue weighted by atomic mass is 35.5. The van der Waals surface area contributed by atoms with E-state index in [1.54, 1.807) is 0 Å². The first kappa shape index (κ1) is 19.6. The molecule has 4 nitrogen and oxygen atoms in total. The SMILES string of the molecule is C1=C[NH+]2C(c3cccc(OCc4ccccc4)c3)=NC(C3CCCC3)=C2C=N1.[Cl-]. The monoisotopic (exact) mass is 405 g/mol. The third kappa shape index (κ3) is 4.04. The largest absolute Gasteiger partial charge is 1.00 e. The van der Waals surface area contributed by atoms with Crippen LogP contribution < -0.4 is 22.0 Å². The van der Waals surface area contributed by atoms with Crippen LogP contribution in [0.3, 0.4) is 0 Å². The number of nitrogens with zero attached hydrogens (tertiary/aromatic N) is 2. The van der Waals surface area contributed by atoms with Crippen LogP contribution in [0.5, 0.6) is 5.75 Å². The molecule has 29 heavy (non-hydrogen) atoms. The normalized spacial score (nSPS) is 20.4. The van der Waals surface area contributed by atoms with Gasteiger partial charge in [-0.15, -0.1) is 0 Å². The molecule has 0 saturated heterocycles. The van der Waals surface area contributed by atoms with Crippen LogP contribution in [0, 0.1) is 5.92 Å². The number of hydrogen-bond donors (Lipinski definition) is 1. The smallest absolute Gasteiger partial charge is 0.243 e. The van der Waals surface area contributed by atoms with Crippen LogP contribution in [0.1, 0.15) is 36.8 Å². The molecule has 1 fully saturated rings. The third-order valence-corrected chi connectivity index (χ3v) is 5.68. The number of benzene rings is 2. The first-order valence-corrected chi connectivity index (χ1v) is 10.1. The number of allylic oxidation sites excluding steroid dienone is 2. The molecule has 2 aromatic carbocycles. The predicted molar refractivity (Wildman–Crippen MR) is 111 cm³/mol. The van der Waals surface area contributed by atoms with E-state index in [1.165, 1.54) is 47.5 Å². The lowest BCUT2D eigenvalue weighted by Crippen LogP contribution is -3.08. The van der Waals surface area contributed by atoms with Gasteiger partial charge in [-0.05, 0) is 36.6 Å². The summed E-state index contributed by atoms with van der Waals surface area (Å²) in [6.07, 6.45) is 11.0. The van der Waals surface area contributed by atoms with E-state index in [-0.39, 0.29) is 12.4 Å². The predicted octanol–water partition coefficient (Wildman–Crippen LogP) is 0.872. The molecule has 2 aliphatic heterocycles. The molecule has 1 N–H and O–H groups in total. The van der Waals surface area contributed by atoms with Crippen LogP contribution in [0.25, 0.3) is 0 Å². The molecule has 2 heterocycles. The topological polar surface area (TPSA) is 38.4 Å². The highest BCUT2D eigenvalue weighted by Gasteiger charge is 2.37. The molecule has 3 aliphatic rings. The molecule has 1 saturated carbocycles. The van der Waals surface area contributed by atoms with Crippen molar-refractivity contribution in [3.8, 4) is 5.75 Å². The van der Waals surface area contributed by atoms with Crippen molar-refractivity contribution in [3.05, 3.63) is 89.5 Å². The van der Waals surface area contributed by atoms with Gasteiger partial charge in [0.25, 0.3) is 0 Å². The number of quaternary nitrogens is 1. The summed E-state index contributed by atoms with van der Waals surface area (Å²) >= 11 is 0. The lowest BCUT2D eigenvalue weighted by Gasteiger charge is -2.14. The summed E-state index contributed by atoms with van der Waals surface area (Å²) in [6, 6.07) is 18.5. The van der Waals surface area contributed by atoms with Gasteiger partial charge in [-0.1, -0.05) is 49.2 Å². The van der Waals surface area contributed by atoms with E-state index in [0.717, 1.165) is 17.1 Å². The average Bonchev–Trinajstić information content (AvgIpc) is 3.41. The number of nitrogens with one attached hydrogen (secondary N) is 1. The first-order valence-electron chi connectivity index (χ1n) is 10.1. The van der Waals surface area contributed by atoms with Crippen LogP contribution >= 0.6 is 0 Å². The maximum absolute atomic E-state index is 6.03. The Balaban J connectivity index is 0.00000205. The summed E-state index contributed by atoms with van der Waals surface area (Å²) < 4.78 is 6.03. The third-order valence-electron chi connectivity index (χ3n) is 5.68. The van der Waals surface area contributed by atoms with Crippen molar-refractivity contribution in [1.82, 2.24) is 0 Å². The second kappa shape index (κ2) is 8.76. The molecule has 5 rings (SSSR count). The van der Waals surface area contributed by atoms with Crippen molar-refractivity contribution in [1.29, 1.82) is 0 Å². The number of hydrogen-bond acceptors (Lipinski definition) is 3. The molecule has 0 radical (unpaired) electrons. The standard InChI is InChI=1S/C24H23N3O.ClH/c1-2-7-18(8-3-1)17-28-21-12-6-11-20(15-21)24-26-23(19-9-4-5-10-19)22-16-25-13-14-27(22)24;/h1-3,6-8,11-16,19H,4-5,9-10,17H2;1H. The van der Waals surface area contributed by atoms with E-state index < -0.39 is 0 Å². The molecule has 1 unspecified atom stereocenters. The molecular weight excluding hydrogens is 382 g/mol. The molecular formula is C24H24ClN3O. The summed E-state index contributed by atoms with van der Waals surface area (Å²) in [7, 11) is 0. The Bertz CT molecular complexity index is 988. The van der Waals surface area contributed by atoms with Gasteiger partial charge in [-0.2, -0.15) is 4.99 Å². The van der Waals surface area contributed by atoms with Crippen molar-refractivity contribution < 1.29 is 22.0 Å². The number of ether oxygens (including phenoxy) is 1. The summed E-state index contributed by atoms with van der Waals surface area (Å²) in [5.41, 5.74) is 4.71. The Morgan fingerprint density at radius 1 is 1.00 bits per heavy atom.